The van der Waals surface area contributed by atoms with E-state index in [0.717, 1.165) is 0 Å². The molecule has 1 aliphatic heterocycles. The van der Waals surface area contributed by atoms with Gasteiger partial charge in [0.1, 0.15) is 24.4 Å². The maximum absolute atomic E-state index is 9.12. The molecule has 16 heavy (non-hydrogen) atoms. The second-order valence-corrected chi connectivity index (χ2v) is 2.81. The van der Waals surface area contributed by atoms with E-state index in [9.17, 15) is 0 Å². The molecule has 1 fully saturated rings. The van der Waals surface area contributed by atoms with Gasteiger partial charge in [-0.25, -0.2) is 0 Å². The molecule has 0 radical (unpaired) electrons. The van der Waals surface area contributed by atoms with E-state index in [4.69, 9.17) is 36.6 Å². The molecule has 0 aromatic rings. The van der Waals surface area contributed by atoms with Gasteiger partial charge in [0, 0.05) is 0 Å². The first-order chi connectivity index (χ1) is 6.99. The van der Waals surface area contributed by atoms with Gasteiger partial charge in [-0.3, -0.25) is 4.91 Å². The Kier molecular flexibility index (Phi) is 10.5. The SMILES string of the molecule is OC[C@H]1OC(O)[C@@H](O)[C@@H](O)[C@@H]1O.[N-]=[N+]=[N-].[Na+]. The number of ether oxygens (including phenoxy) is 1. The summed E-state index contributed by atoms with van der Waals surface area (Å²) in [6, 6.07) is 0. The van der Waals surface area contributed by atoms with Crippen molar-refractivity contribution in [1.29, 1.82) is 0 Å². The van der Waals surface area contributed by atoms with Gasteiger partial charge in [-0.1, -0.05) is 0 Å². The van der Waals surface area contributed by atoms with E-state index in [0.29, 0.717) is 0 Å². The molecule has 1 rings (SSSR count). The van der Waals surface area contributed by atoms with Gasteiger partial charge in [0.05, 0.1) is 6.61 Å². The number of hydrogen-bond acceptors (Lipinski definition) is 6. The third kappa shape index (κ3) is 4.93. The average molecular weight is 245 g/mol. The minimum atomic E-state index is -1.57. The summed E-state index contributed by atoms with van der Waals surface area (Å²) in [5.41, 5.74) is 13.5. The summed E-state index contributed by atoms with van der Waals surface area (Å²) < 4.78 is 4.58. The largest absolute Gasteiger partial charge is 1.00 e. The van der Waals surface area contributed by atoms with Crippen LogP contribution in [-0.4, -0.2) is 62.8 Å². The molecule has 9 nitrogen and oxygen atoms in total. The summed E-state index contributed by atoms with van der Waals surface area (Å²) in [5.74, 6) is 0. The summed E-state index contributed by atoms with van der Waals surface area (Å²) >= 11 is 0. The van der Waals surface area contributed by atoms with Crippen molar-refractivity contribution in [3.8, 4) is 0 Å². The van der Waals surface area contributed by atoms with Gasteiger partial charge in [-0.05, 0) is 0 Å². The first kappa shape index (κ1) is 18.4. The van der Waals surface area contributed by atoms with Crippen LogP contribution in [0.15, 0.2) is 0 Å². The molecule has 0 aliphatic carbocycles. The van der Waals surface area contributed by atoms with Crippen LogP contribution in [0, 0.1) is 0 Å². The number of hydrogen-bond donors (Lipinski definition) is 5. The van der Waals surface area contributed by atoms with Crippen LogP contribution in [0.25, 0.3) is 16.0 Å². The zero-order chi connectivity index (χ0) is 12.0. The van der Waals surface area contributed by atoms with E-state index in [2.05, 4.69) is 4.74 Å². The van der Waals surface area contributed by atoms with Crippen LogP contribution in [0.5, 0.6) is 0 Å². The molecule has 1 heterocycles. The predicted molar refractivity (Wildman–Crippen MR) is 46.1 cm³/mol. The van der Waals surface area contributed by atoms with Crippen molar-refractivity contribution < 1.29 is 59.8 Å². The first-order valence-electron chi connectivity index (χ1n) is 3.96. The fourth-order valence-corrected chi connectivity index (χ4v) is 1.08. The van der Waals surface area contributed by atoms with Crippen molar-refractivity contribution in [3.63, 3.8) is 0 Å². The number of nitrogens with zero attached hydrogens (tertiary/aromatic N) is 3. The zero-order valence-electron chi connectivity index (χ0n) is 8.58. The zero-order valence-corrected chi connectivity index (χ0v) is 10.6. The van der Waals surface area contributed by atoms with E-state index in [1.807, 2.05) is 0 Å². The minimum absolute atomic E-state index is 0. The average Bonchev–Trinajstić information content (AvgIpc) is 2.21. The fourth-order valence-electron chi connectivity index (χ4n) is 1.08. The molecule has 5 N–H and O–H groups in total. The molecule has 10 heteroatoms. The van der Waals surface area contributed by atoms with Crippen LogP contribution < -0.4 is 29.6 Å². The molecule has 5 atom stereocenters. The van der Waals surface area contributed by atoms with E-state index in [-0.39, 0.29) is 29.6 Å². The number of aliphatic hydroxyl groups is 5. The van der Waals surface area contributed by atoms with E-state index < -0.39 is 37.3 Å². The second-order valence-electron chi connectivity index (χ2n) is 2.81. The summed E-state index contributed by atoms with van der Waals surface area (Å²) in [5, 5.41) is 44.7. The maximum atomic E-state index is 9.12. The Bertz CT molecular complexity index is 222. The molecular weight excluding hydrogens is 233 g/mol. The van der Waals surface area contributed by atoms with Crippen molar-refractivity contribution in [1.82, 2.24) is 0 Å². The van der Waals surface area contributed by atoms with Crippen molar-refractivity contribution >= 4 is 0 Å². The van der Waals surface area contributed by atoms with Gasteiger partial charge in [0.2, 0.25) is 0 Å². The van der Waals surface area contributed by atoms with E-state index >= 15 is 0 Å². The summed E-state index contributed by atoms with van der Waals surface area (Å²) in [4.78, 5) is 1.50. The normalized spacial score (nSPS) is 37.4. The van der Waals surface area contributed by atoms with Crippen molar-refractivity contribution in [2.24, 2.45) is 0 Å². The van der Waals surface area contributed by atoms with Crippen LogP contribution >= 0.6 is 0 Å². The molecule has 1 unspecified atom stereocenters. The van der Waals surface area contributed by atoms with Gasteiger partial charge in [-0.15, -0.1) is 0 Å². The van der Waals surface area contributed by atoms with Crippen LogP contribution in [0.1, 0.15) is 0 Å². The predicted octanol–water partition coefficient (Wildman–Crippen LogP) is -5.35. The van der Waals surface area contributed by atoms with Crippen LogP contribution in [0.4, 0.5) is 0 Å². The third-order valence-electron chi connectivity index (χ3n) is 1.87. The number of aliphatic hydroxyl groups excluding tert-OH is 5. The van der Waals surface area contributed by atoms with Crippen molar-refractivity contribution in [3.05, 3.63) is 16.0 Å². The molecule has 1 saturated heterocycles. The quantitative estimate of drug-likeness (QED) is 0.134. The summed E-state index contributed by atoms with van der Waals surface area (Å²) in [7, 11) is 0. The summed E-state index contributed by atoms with van der Waals surface area (Å²) in [6.07, 6.45) is -7.04. The smallest absolute Gasteiger partial charge is 0.394 e. The first-order valence-corrected chi connectivity index (χ1v) is 3.96. The van der Waals surface area contributed by atoms with Gasteiger partial charge in [-0.2, -0.15) is 0 Å². The van der Waals surface area contributed by atoms with Crippen LogP contribution in [0.3, 0.4) is 0 Å². The van der Waals surface area contributed by atoms with Gasteiger partial charge < -0.3 is 41.3 Å². The molecular formula is C6H12N3NaO6. The van der Waals surface area contributed by atoms with Gasteiger partial charge >= 0.3 is 29.6 Å². The van der Waals surface area contributed by atoms with Crippen molar-refractivity contribution in [2.75, 3.05) is 6.61 Å². The van der Waals surface area contributed by atoms with E-state index in [1.165, 1.54) is 4.91 Å². The molecule has 0 aromatic carbocycles. The van der Waals surface area contributed by atoms with Crippen LogP contribution in [-0.2, 0) is 4.74 Å². The van der Waals surface area contributed by atoms with Gasteiger partial charge in [0.25, 0.3) is 0 Å². The standard InChI is InChI=1S/C6H12O6.N3.Na/c7-1-2-3(8)4(9)5(10)6(11)12-2;1-3-2;/h2-11H,1H2;;/q;-1;+1/t2-,3-,4+,5+,6?;;/m1../s1. The van der Waals surface area contributed by atoms with E-state index in [1.54, 1.807) is 0 Å². The Morgan fingerprint density at radius 1 is 1.00 bits per heavy atom. The Labute approximate surface area is 113 Å². The maximum Gasteiger partial charge on any atom is 1.00 e. The van der Waals surface area contributed by atoms with Crippen LogP contribution in [0.2, 0.25) is 0 Å². The Morgan fingerprint density at radius 3 is 1.81 bits per heavy atom. The molecule has 88 valence electrons. The third-order valence-corrected chi connectivity index (χ3v) is 1.87. The van der Waals surface area contributed by atoms with Crippen molar-refractivity contribution in [2.45, 2.75) is 30.7 Å². The van der Waals surface area contributed by atoms with Gasteiger partial charge in [0.15, 0.2) is 6.29 Å². The topological polar surface area (TPSA) is 169 Å². The minimum Gasteiger partial charge on any atom is -0.394 e. The number of rotatable bonds is 1. The molecule has 0 aromatic heterocycles. The molecule has 0 spiro atoms. The Hall–Kier alpha value is 0.0700. The fraction of sp³-hybridized carbons (Fsp3) is 1.00. The Balaban J connectivity index is 0. The molecule has 0 bridgehead atoms. The molecule has 1 aliphatic rings. The Morgan fingerprint density at radius 2 is 1.44 bits per heavy atom. The summed E-state index contributed by atoms with van der Waals surface area (Å²) in [6.45, 7) is -0.526. The molecule has 0 saturated carbocycles. The second kappa shape index (κ2) is 9.14. The monoisotopic (exact) mass is 245 g/mol. The molecule has 0 amide bonds.